The first-order chi connectivity index (χ1) is 26.2. The minimum atomic E-state index is -3.57. The van der Waals surface area contributed by atoms with Gasteiger partial charge in [-0.05, 0) is 61.6 Å². The number of aromatic nitrogens is 5. The second kappa shape index (κ2) is 15.5. The maximum atomic E-state index is 14.9. The molecule has 3 aromatic heterocycles. The second-order valence-electron chi connectivity index (χ2n) is 13.2. The second-order valence-corrected chi connectivity index (χ2v) is 14.7. The van der Waals surface area contributed by atoms with Crippen LogP contribution in [-0.2, 0) is 48.1 Å². The molecule has 20 heteroatoms. The number of aryl methyl sites for hydroxylation is 1. The SMILES string of the molecule is Cn1nc(NS(C)=O)c2c(Cl)ccc(-c3ccc(C#CC(C)(O)C(F)F)nc3C(Cc3cc(F)cc(F)c3)NC(=O)Cn3nc(C(F)F)c4c3C(F)(F)CC4)c21. The Morgan fingerprint density at radius 3 is 2.39 bits per heavy atom. The van der Waals surface area contributed by atoms with Crippen molar-refractivity contribution in [1.82, 2.24) is 29.9 Å². The summed E-state index contributed by atoms with van der Waals surface area (Å²) in [4.78, 5) is 18.3. The van der Waals surface area contributed by atoms with Gasteiger partial charge < -0.3 is 10.4 Å². The van der Waals surface area contributed by atoms with Crippen molar-refractivity contribution < 1.29 is 49.2 Å². The van der Waals surface area contributed by atoms with Crippen LogP contribution in [0.15, 0.2) is 42.5 Å². The molecule has 5 aromatic rings. The highest BCUT2D eigenvalue weighted by Crippen LogP contribution is 2.45. The zero-order chi connectivity index (χ0) is 40.9. The van der Waals surface area contributed by atoms with E-state index in [-0.39, 0.29) is 38.9 Å². The Balaban J connectivity index is 1.54. The molecule has 2 aromatic carbocycles. The standard InChI is InChI=1S/C36H30ClF8N7O3S/c1-35(54,34(42)43)10-8-20-4-5-21(22-6-7-24(37)27-30(22)51(2)49-33(27)50-56(3)55)28(46-20)25(14-17-12-18(38)15-19(39)13-17)47-26(53)16-52-31-23(9-11-36(31,44)45)29(48-52)32(40)41/h4-7,12-13,15,25,32,34,54H,9,11,14,16H2,1-3H3,(H,47,53)(H,49,50). The van der Waals surface area contributed by atoms with Gasteiger partial charge in [-0.25, -0.2) is 35.5 Å². The number of nitrogens with zero attached hydrogens (tertiary/aromatic N) is 5. The van der Waals surface area contributed by atoms with Crippen molar-refractivity contribution in [3.8, 4) is 23.0 Å². The third-order valence-electron chi connectivity index (χ3n) is 8.91. The first kappa shape index (κ1) is 40.6. The smallest absolute Gasteiger partial charge is 0.290 e. The van der Waals surface area contributed by atoms with Crippen LogP contribution in [0.4, 0.5) is 40.9 Å². The monoisotopic (exact) mass is 827 g/mol. The number of anilines is 1. The topological polar surface area (TPSA) is 127 Å². The van der Waals surface area contributed by atoms with E-state index in [1.165, 1.54) is 29.1 Å². The van der Waals surface area contributed by atoms with Gasteiger partial charge in [-0.3, -0.25) is 18.9 Å². The number of nitrogens with one attached hydrogen (secondary N) is 2. The van der Waals surface area contributed by atoms with E-state index >= 15 is 0 Å². The van der Waals surface area contributed by atoms with Gasteiger partial charge in [-0.15, -0.1) is 0 Å². The number of carbonyl (C=O) groups excluding carboxylic acids is 1. The molecule has 3 N–H and O–H groups in total. The van der Waals surface area contributed by atoms with Crippen LogP contribution >= 0.6 is 11.6 Å². The fraction of sp³-hybridized carbons (Fsp3) is 0.333. The number of alkyl halides is 6. The molecule has 1 aliphatic carbocycles. The molecule has 3 unspecified atom stereocenters. The third kappa shape index (κ3) is 8.22. The molecule has 0 aliphatic heterocycles. The molecule has 0 saturated carbocycles. The Kier molecular flexibility index (Phi) is 11.2. The zero-order valence-corrected chi connectivity index (χ0v) is 31.0. The Bertz CT molecular complexity index is 2420. The van der Waals surface area contributed by atoms with Crippen LogP contribution < -0.4 is 10.0 Å². The van der Waals surface area contributed by atoms with Gasteiger partial charge in [-0.2, -0.15) is 19.0 Å². The van der Waals surface area contributed by atoms with Crippen LogP contribution in [0.5, 0.6) is 0 Å². The summed E-state index contributed by atoms with van der Waals surface area (Å²) in [7, 11) is -0.0460. The highest BCUT2D eigenvalue weighted by molar-refractivity contribution is 7.85. The molecule has 0 radical (unpaired) electrons. The van der Waals surface area contributed by atoms with Crippen molar-refractivity contribution >= 4 is 45.2 Å². The average molecular weight is 828 g/mol. The quantitative estimate of drug-likeness (QED) is 0.0982. The number of benzene rings is 2. The number of rotatable bonds is 11. The molecule has 3 atom stereocenters. The number of carbonyl (C=O) groups is 1. The molecule has 0 saturated heterocycles. The van der Waals surface area contributed by atoms with Gasteiger partial charge in [0.1, 0.15) is 46.2 Å². The van der Waals surface area contributed by atoms with Crippen molar-refractivity contribution in [3.63, 3.8) is 0 Å². The molecule has 0 bridgehead atoms. The van der Waals surface area contributed by atoms with Crippen LogP contribution in [0, 0.1) is 23.5 Å². The number of hydrogen-bond donors (Lipinski definition) is 3. The van der Waals surface area contributed by atoms with Gasteiger partial charge in [0.25, 0.3) is 18.8 Å². The third-order valence-corrected chi connectivity index (χ3v) is 9.70. The number of pyridine rings is 1. The Morgan fingerprint density at radius 1 is 1.07 bits per heavy atom. The van der Waals surface area contributed by atoms with Gasteiger partial charge in [0.2, 0.25) is 5.91 Å². The van der Waals surface area contributed by atoms with E-state index in [0.717, 1.165) is 19.1 Å². The molecular weight excluding hydrogens is 798 g/mol. The summed E-state index contributed by atoms with van der Waals surface area (Å²) in [5.41, 5.74) is -4.36. The van der Waals surface area contributed by atoms with E-state index in [4.69, 9.17) is 11.6 Å². The molecular formula is C36H30ClF8N7O3S. The number of fused-ring (bicyclic) bond motifs is 2. The first-order valence-corrected chi connectivity index (χ1v) is 18.5. The fourth-order valence-corrected chi connectivity index (χ4v) is 7.16. The van der Waals surface area contributed by atoms with Crippen molar-refractivity contribution in [2.75, 3.05) is 11.0 Å². The van der Waals surface area contributed by atoms with Gasteiger partial charge in [0, 0.05) is 42.5 Å². The fourth-order valence-electron chi connectivity index (χ4n) is 6.51. The predicted molar refractivity (Wildman–Crippen MR) is 190 cm³/mol. The Labute approximate surface area is 320 Å². The number of aliphatic hydroxyl groups is 1. The molecule has 0 spiro atoms. The average Bonchev–Trinajstić information content (AvgIpc) is 3.74. The predicted octanol–water partition coefficient (Wildman–Crippen LogP) is 6.91. The molecule has 3 heterocycles. The lowest BCUT2D eigenvalue weighted by Gasteiger charge is -2.23. The summed E-state index contributed by atoms with van der Waals surface area (Å²) in [6.45, 7) is -0.209. The van der Waals surface area contributed by atoms with Crippen LogP contribution in [0.2, 0.25) is 5.02 Å². The van der Waals surface area contributed by atoms with E-state index in [1.54, 1.807) is 13.1 Å². The highest BCUT2D eigenvalue weighted by Gasteiger charge is 2.46. The maximum Gasteiger partial charge on any atom is 0.290 e. The summed E-state index contributed by atoms with van der Waals surface area (Å²) in [5.74, 6) is -2.04. The normalized spacial score (nSPS) is 15.7. The minimum Gasteiger partial charge on any atom is -0.372 e. The van der Waals surface area contributed by atoms with Crippen molar-refractivity contribution in [1.29, 1.82) is 0 Å². The highest BCUT2D eigenvalue weighted by atomic mass is 35.5. The lowest BCUT2D eigenvalue weighted by Crippen LogP contribution is -2.35. The number of amides is 1. The van der Waals surface area contributed by atoms with E-state index < -0.39 is 96.1 Å². The molecule has 1 aliphatic rings. The summed E-state index contributed by atoms with van der Waals surface area (Å²) in [5, 5.41) is 21.2. The largest absolute Gasteiger partial charge is 0.372 e. The molecule has 1 amide bonds. The maximum absolute atomic E-state index is 14.9. The van der Waals surface area contributed by atoms with Crippen molar-refractivity contribution in [2.45, 2.75) is 63.1 Å². The Morgan fingerprint density at radius 2 is 1.75 bits per heavy atom. The van der Waals surface area contributed by atoms with E-state index in [1.807, 2.05) is 5.92 Å². The van der Waals surface area contributed by atoms with Crippen molar-refractivity contribution in [2.24, 2.45) is 7.05 Å². The number of halogens is 9. The molecule has 0 fully saturated rings. The summed E-state index contributed by atoms with van der Waals surface area (Å²) < 4.78 is 130. The van der Waals surface area contributed by atoms with Gasteiger partial charge in [0.15, 0.2) is 11.4 Å². The van der Waals surface area contributed by atoms with Crippen LogP contribution in [0.25, 0.3) is 22.0 Å². The summed E-state index contributed by atoms with van der Waals surface area (Å²) >= 11 is 6.57. The lowest BCUT2D eigenvalue weighted by molar-refractivity contribution is -0.122. The van der Waals surface area contributed by atoms with Crippen LogP contribution in [-0.4, -0.2) is 58.0 Å². The Hall–Kier alpha value is -5.06. The first-order valence-electron chi connectivity index (χ1n) is 16.6. The summed E-state index contributed by atoms with van der Waals surface area (Å²) in [6.07, 6.45) is -6.73. The summed E-state index contributed by atoms with van der Waals surface area (Å²) in [6, 6.07) is 6.89. The van der Waals surface area contributed by atoms with Gasteiger partial charge >= 0.3 is 0 Å². The van der Waals surface area contributed by atoms with Gasteiger partial charge in [-0.1, -0.05) is 23.6 Å². The van der Waals surface area contributed by atoms with Crippen molar-refractivity contribution in [3.05, 3.63) is 93.0 Å². The van der Waals surface area contributed by atoms with E-state index in [0.29, 0.717) is 27.2 Å². The van der Waals surface area contributed by atoms with Crippen LogP contribution in [0.3, 0.4) is 0 Å². The van der Waals surface area contributed by atoms with Crippen LogP contribution in [0.1, 0.15) is 59.7 Å². The molecule has 10 nitrogen and oxygen atoms in total. The lowest BCUT2D eigenvalue weighted by atomic mass is 9.93. The van der Waals surface area contributed by atoms with E-state index in [2.05, 4.69) is 31.1 Å². The zero-order valence-electron chi connectivity index (χ0n) is 29.4. The van der Waals surface area contributed by atoms with Gasteiger partial charge in [0.05, 0.1) is 27.7 Å². The minimum absolute atomic E-state index is 0.0251. The number of hydrogen-bond acceptors (Lipinski definition) is 6. The van der Waals surface area contributed by atoms with E-state index in [9.17, 15) is 49.2 Å². The molecule has 56 heavy (non-hydrogen) atoms. The molecule has 296 valence electrons. The molecule has 6 rings (SSSR count).